The number of carbonyl (C=O) groups excluding carboxylic acids is 1. The maximum absolute atomic E-state index is 12.9. The summed E-state index contributed by atoms with van der Waals surface area (Å²) in [7, 11) is 0. The maximum atomic E-state index is 12.9. The lowest BCUT2D eigenvalue weighted by atomic mass is 9.97. The predicted molar refractivity (Wildman–Crippen MR) is 91.0 cm³/mol. The number of likely N-dealkylation sites (tertiary alicyclic amines) is 1. The van der Waals surface area contributed by atoms with E-state index in [-0.39, 0.29) is 18.5 Å². The van der Waals surface area contributed by atoms with Crippen LogP contribution in [0.4, 0.5) is 0 Å². The number of fused-ring (bicyclic) bond motifs is 1. The second-order valence-electron chi connectivity index (χ2n) is 7.09. The summed E-state index contributed by atoms with van der Waals surface area (Å²) in [6.07, 6.45) is 6.02. The van der Waals surface area contributed by atoms with E-state index in [4.69, 9.17) is 5.73 Å². The molecule has 8 heteroatoms. The molecule has 0 bridgehead atoms. The van der Waals surface area contributed by atoms with E-state index in [2.05, 4.69) is 5.32 Å². The third-order valence-corrected chi connectivity index (χ3v) is 5.38. The van der Waals surface area contributed by atoms with Gasteiger partial charge in [0.2, 0.25) is 5.91 Å². The van der Waals surface area contributed by atoms with Gasteiger partial charge in [0, 0.05) is 6.04 Å². The maximum Gasteiger partial charge on any atom is 0.323 e. The lowest BCUT2D eigenvalue weighted by Crippen LogP contribution is -2.54. The number of nitrogens with one attached hydrogen (secondary N) is 1. The highest BCUT2D eigenvalue weighted by Crippen LogP contribution is 2.36. The van der Waals surface area contributed by atoms with E-state index in [1.165, 1.54) is 4.90 Å². The van der Waals surface area contributed by atoms with Gasteiger partial charge in [0.15, 0.2) is 0 Å². The Balaban J connectivity index is 2.09. The normalized spacial score (nSPS) is 27.6. The molecule has 142 valence electrons. The summed E-state index contributed by atoms with van der Waals surface area (Å²) in [4.78, 5) is 37.1. The summed E-state index contributed by atoms with van der Waals surface area (Å²) in [5.74, 6) is -1.98. The quantitative estimate of drug-likeness (QED) is 0.440. The van der Waals surface area contributed by atoms with Crippen LogP contribution in [0.3, 0.4) is 0 Å². The third-order valence-electron chi connectivity index (χ3n) is 5.38. The number of rotatable bonds is 9. The number of amides is 1. The zero-order chi connectivity index (χ0) is 18.4. The number of hydrogen-bond donors (Lipinski definition) is 4. The van der Waals surface area contributed by atoms with Gasteiger partial charge in [-0.15, -0.1) is 0 Å². The van der Waals surface area contributed by atoms with Crippen LogP contribution < -0.4 is 11.1 Å². The van der Waals surface area contributed by atoms with Gasteiger partial charge in [0.25, 0.3) is 0 Å². The van der Waals surface area contributed by atoms with Gasteiger partial charge in [0.05, 0.1) is 6.04 Å². The van der Waals surface area contributed by atoms with Crippen molar-refractivity contribution in [1.29, 1.82) is 0 Å². The molecule has 2 fully saturated rings. The molecule has 25 heavy (non-hydrogen) atoms. The molecule has 4 atom stereocenters. The van der Waals surface area contributed by atoms with Gasteiger partial charge in [-0.1, -0.05) is 12.8 Å². The van der Waals surface area contributed by atoms with Crippen LogP contribution in [-0.2, 0) is 14.4 Å². The van der Waals surface area contributed by atoms with Crippen molar-refractivity contribution in [1.82, 2.24) is 10.2 Å². The Morgan fingerprint density at radius 2 is 1.96 bits per heavy atom. The second kappa shape index (κ2) is 9.15. The molecule has 1 aliphatic heterocycles. The fourth-order valence-electron chi connectivity index (χ4n) is 4.14. The van der Waals surface area contributed by atoms with E-state index in [0.29, 0.717) is 31.7 Å². The van der Waals surface area contributed by atoms with Crippen LogP contribution in [0.25, 0.3) is 0 Å². The molecule has 1 saturated heterocycles. The lowest BCUT2D eigenvalue weighted by molar-refractivity contribution is -0.148. The first kappa shape index (κ1) is 19.7. The molecular weight excluding hydrogens is 326 g/mol. The molecule has 5 N–H and O–H groups in total. The first-order valence-electron chi connectivity index (χ1n) is 9.15. The minimum Gasteiger partial charge on any atom is -0.480 e. The van der Waals surface area contributed by atoms with Crippen molar-refractivity contribution in [2.45, 2.75) is 69.5 Å². The predicted octanol–water partition coefficient (Wildman–Crippen LogP) is 0.403. The van der Waals surface area contributed by atoms with Gasteiger partial charge in [-0.2, -0.15) is 0 Å². The van der Waals surface area contributed by atoms with E-state index in [9.17, 15) is 24.6 Å². The van der Waals surface area contributed by atoms with E-state index in [1.807, 2.05) is 0 Å². The van der Waals surface area contributed by atoms with E-state index >= 15 is 0 Å². The summed E-state index contributed by atoms with van der Waals surface area (Å²) in [5.41, 5.74) is 5.45. The van der Waals surface area contributed by atoms with E-state index in [1.54, 1.807) is 0 Å². The molecular formula is C17H29N3O5. The van der Waals surface area contributed by atoms with Gasteiger partial charge in [-0.25, -0.2) is 0 Å². The molecule has 1 saturated carbocycles. The molecule has 3 unspecified atom stereocenters. The Morgan fingerprint density at radius 1 is 1.20 bits per heavy atom. The van der Waals surface area contributed by atoms with Crippen molar-refractivity contribution in [2.24, 2.45) is 11.7 Å². The second-order valence-corrected chi connectivity index (χ2v) is 7.09. The molecule has 2 rings (SSSR count). The van der Waals surface area contributed by atoms with Crippen LogP contribution in [0.2, 0.25) is 0 Å². The minimum atomic E-state index is -1.03. The number of carboxylic acids is 2. The molecule has 8 nitrogen and oxygen atoms in total. The standard InChI is InChI=1S/C17H29N3O5/c18-9-2-1-5-13(17(24)25)19-12-8-7-11-4-3-6-14(11)20(16(12)23)10-15(21)22/h11-14,19H,1-10,18H2,(H,21,22)(H,24,25)/t11?,12?,13-,14?/m0/s1. The Hall–Kier alpha value is -1.67. The molecule has 1 aliphatic carbocycles. The molecule has 0 spiro atoms. The number of carboxylic acid groups (broad SMARTS) is 2. The van der Waals surface area contributed by atoms with Crippen LogP contribution in [0.5, 0.6) is 0 Å². The first-order valence-corrected chi connectivity index (χ1v) is 9.15. The lowest BCUT2D eigenvalue weighted by Gasteiger charge is -2.31. The van der Waals surface area contributed by atoms with Crippen molar-refractivity contribution in [2.75, 3.05) is 13.1 Å². The third kappa shape index (κ3) is 5.15. The Labute approximate surface area is 147 Å². The van der Waals surface area contributed by atoms with Gasteiger partial charge < -0.3 is 20.8 Å². The number of nitrogens with zero attached hydrogens (tertiary/aromatic N) is 1. The smallest absolute Gasteiger partial charge is 0.323 e. The Morgan fingerprint density at radius 3 is 2.60 bits per heavy atom. The van der Waals surface area contributed by atoms with Gasteiger partial charge >= 0.3 is 11.9 Å². The van der Waals surface area contributed by atoms with Gasteiger partial charge in [-0.3, -0.25) is 19.7 Å². The molecule has 1 amide bonds. The summed E-state index contributed by atoms with van der Waals surface area (Å²) >= 11 is 0. The van der Waals surface area contributed by atoms with Crippen molar-refractivity contribution in [3.05, 3.63) is 0 Å². The summed E-state index contributed by atoms with van der Waals surface area (Å²) in [6, 6.07) is -1.48. The molecule has 0 aromatic rings. The number of unbranched alkanes of at least 4 members (excludes halogenated alkanes) is 1. The number of aliphatic carboxylic acids is 2. The summed E-state index contributed by atoms with van der Waals surface area (Å²) < 4.78 is 0. The average Bonchev–Trinajstić information content (AvgIpc) is 2.98. The number of nitrogens with two attached hydrogens (primary N) is 1. The highest BCUT2D eigenvalue weighted by atomic mass is 16.4. The van der Waals surface area contributed by atoms with Gasteiger partial charge in [0.1, 0.15) is 12.6 Å². The topological polar surface area (TPSA) is 133 Å². The molecule has 0 aromatic carbocycles. The largest absolute Gasteiger partial charge is 0.480 e. The summed E-state index contributed by atoms with van der Waals surface area (Å²) in [5, 5.41) is 21.6. The van der Waals surface area contributed by atoms with E-state index < -0.39 is 24.0 Å². The van der Waals surface area contributed by atoms with Crippen molar-refractivity contribution in [3.8, 4) is 0 Å². The van der Waals surface area contributed by atoms with Crippen LogP contribution >= 0.6 is 0 Å². The molecule has 0 aromatic heterocycles. The zero-order valence-electron chi connectivity index (χ0n) is 14.5. The van der Waals surface area contributed by atoms with E-state index in [0.717, 1.165) is 32.1 Å². The van der Waals surface area contributed by atoms with Crippen LogP contribution in [-0.4, -0.2) is 64.2 Å². The highest BCUT2D eigenvalue weighted by molar-refractivity contribution is 5.86. The van der Waals surface area contributed by atoms with Crippen molar-refractivity contribution >= 4 is 17.8 Å². The van der Waals surface area contributed by atoms with Crippen LogP contribution in [0.1, 0.15) is 51.4 Å². The molecule has 0 radical (unpaired) electrons. The summed E-state index contributed by atoms with van der Waals surface area (Å²) in [6.45, 7) is 0.188. The minimum absolute atomic E-state index is 0.0316. The van der Waals surface area contributed by atoms with Crippen molar-refractivity contribution < 1.29 is 24.6 Å². The van der Waals surface area contributed by atoms with Crippen LogP contribution in [0.15, 0.2) is 0 Å². The Kier molecular flexibility index (Phi) is 7.19. The fourth-order valence-corrected chi connectivity index (χ4v) is 4.14. The highest BCUT2D eigenvalue weighted by Gasteiger charge is 2.42. The molecule has 2 aliphatic rings. The number of hydrogen-bond acceptors (Lipinski definition) is 5. The first-order chi connectivity index (χ1) is 11.9. The molecule has 1 heterocycles. The Bertz CT molecular complexity index is 499. The number of carbonyl (C=O) groups is 3. The van der Waals surface area contributed by atoms with Crippen LogP contribution in [0, 0.1) is 5.92 Å². The van der Waals surface area contributed by atoms with Crippen molar-refractivity contribution in [3.63, 3.8) is 0 Å². The average molecular weight is 355 g/mol. The zero-order valence-corrected chi connectivity index (χ0v) is 14.5. The fraction of sp³-hybridized carbons (Fsp3) is 0.824. The monoisotopic (exact) mass is 355 g/mol. The van der Waals surface area contributed by atoms with Gasteiger partial charge in [-0.05, 0) is 51.0 Å². The SMILES string of the molecule is NCCCC[C@H](NC1CCC2CCCC2N(CC(=O)O)C1=O)C(=O)O.